The summed E-state index contributed by atoms with van der Waals surface area (Å²) in [7, 11) is 3.48. The Morgan fingerprint density at radius 1 is 1.40 bits per heavy atom. The molecule has 1 rings (SSSR count). The fraction of sp³-hybridized carbons (Fsp3) is 0.667. The molecule has 25 heavy (non-hydrogen) atoms. The highest BCUT2D eigenvalue weighted by molar-refractivity contribution is 7.09. The van der Waals surface area contributed by atoms with Crippen molar-refractivity contribution < 1.29 is 9.53 Å². The Balaban J connectivity index is 2.26. The topological polar surface area (TPSA) is 66.0 Å². The second kappa shape index (κ2) is 10.3. The number of nitrogens with one attached hydrogen (secondary N) is 2. The van der Waals surface area contributed by atoms with E-state index < -0.39 is 5.60 Å². The SMILES string of the molecule is CN=C(NCCN(C)C(=O)OC(C)(C)C)NCC(C)Cc1cccs1. The number of carbonyl (C=O) groups is 1. The van der Waals surface area contributed by atoms with Gasteiger partial charge in [0.25, 0.3) is 0 Å². The van der Waals surface area contributed by atoms with E-state index in [1.54, 1.807) is 30.3 Å². The first-order chi connectivity index (χ1) is 11.7. The van der Waals surface area contributed by atoms with Gasteiger partial charge in [-0.1, -0.05) is 13.0 Å². The predicted octanol–water partition coefficient (Wildman–Crippen LogP) is 2.96. The summed E-state index contributed by atoms with van der Waals surface area (Å²) in [6.07, 6.45) is 0.741. The lowest BCUT2D eigenvalue weighted by Crippen LogP contribution is -2.44. The van der Waals surface area contributed by atoms with Crippen molar-refractivity contribution in [2.45, 2.75) is 39.7 Å². The number of hydrogen-bond acceptors (Lipinski definition) is 4. The third-order valence-corrected chi connectivity index (χ3v) is 4.31. The summed E-state index contributed by atoms with van der Waals surface area (Å²) in [5, 5.41) is 8.66. The molecular formula is C18H32N4O2S. The first-order valence-corrected chi connectivity index (χ1v) is 9.50. The molecule has 142 valence electrons. The van der Waals surface area contributed by atoms with Gasteiger partial charge >= 0.3 is 6.09 Å². The van der Waals surface area contributed by atoms with Crippen molar-refractivity contribution in [3.63, 3.8) is 0 Å². The van der Waals surface area contributed by atoms with Crippen LogP contribution in [0.5, 0.6) is 0 Å². The van der Waals surface area contributed by atoms with Crippen LogP contribution in [0.15, 0.2) is 22.5 Å². The maximum atomic E-state index is 11.9. The number of aliphatic imine (C=N–C) groups is 1. The minimum absolute atomic E-state index is 0.318. The molecule has 0 aliphatic heterocycles. The van der Waals surface area contributed by atoms with E-state index in [-0.39, 0.29) is 6.09 Å². The van der Waals surface area contributed by atoms with Crippen molar-refractivity contribution in [2.75, 3.05) is 33.7 Å². The van der Waals surface area contributed by atoms with Crippen LogP contribution in [-0.2, 0) is 11.2 Å². The van der Waals surface area contributed by atoms with Crippen LogP contribution in [0.3, 0.4) is 0 Å². The van der Waals surface area contributed by atoms with Gasteiger partial charge in [-0.25, -0.2) is 4.79 Å². The fourth-order valence-corrected chi connectivity index (χ4v) is 2.98. The Hall–Kier alpha value is -1.76. The normalized spacial score (nSPS) is 13.3. The molecule has 0 aliphatic carbocycles. The molecule has 0 saturated heterocycles. The fourth-order valence-electron chi connectivity index (χ4n) is 2.11. The third-order valence-electron chi connectivity index (χ3n) is 3.42. The van der Waals surface area contributed by atoms with E-state index in [0.717, 1.165) is 18.9 Å². The summed E-state index contributed by atoms with van der Waals surface area (Å²) < 4.78 is 5.33. The number of carbonyl (C=O) groups excluding carboxylic acids is 1. The van der Waals surface area contributed by atoms with Crippen molar-refractivity contribution in [1.82, 2.24) is 15.5 Å². The molecule has 0 aliphatic rings. The smallest absolute Gasteiger partial charge is 0.410 e. The molecule has 0 bridgehead atoms. The van der Waals surface area contributed by atoms with Gasteiger partial charge in [0.15, 0.2) is 5.96 Å². The second-order valence-electron chi connectivity index (χ2n) is 7.17. The number of guanidine groups is 1. The number of amides is 1. The lowest BCUT2D eigenvalue weighted by molar-refractivity contribution is 0.0302. The Morgan fingerprint density at radius 2 is 2.12 bits per heavy atom. The zero-order valence-corrected chi connectivity index (χ0v) is 17.1. The van der Waals surface area contributed by atoms with Crippen molar-refractivity contribution in [2.24, 2.45) is 10.9 Å². The van der Waals surface area contributed by atoms with E-state index in [4.69, 9.17) is 4.74 Å². The van der Waals surface area contributed by atoms with E-state index >= 15 is 0 Å². The van der Waals surface area contributed by atoms with Gasteiger partial charge in [-0.2, -0.15) is 0 Å². The van der Waals surface area contributed by atoms with Gasteiger partial charge in [0.05, 0.1) is 0 Å². The minimum atomic E-state index is -0.477. The van der Waals surface area contributed by atoms with E-state index in [9.17, 15) is 4.79 Å². The van der Waals surface area contributed by atoms with Gasteiger partial charge in [0.1, 0.15) is 5.60 Å². The molecule has 1 aromatic heterocycles. The molecular weight excluding hydrogens is 336 g/mol. The molecule has 0 fully saturated rings. The van der Waals surface area contributed by atoms with Crippen LogP contribution in [-0.4, -0.2) is 56.3 Å². The van der Waals surface area contributed by atoms with Crippen LogP contribution < -0.4 is 10.6 Å². The van der Waals surface area contributed by atoms with Gasteiger partial charge in [-0.05, 0) is 44.6 Å². The molecule has 7 heteroatoms. The van der Waals surface area contributed by atoms with Gasteiger partial charge in [-0.3, -0.25) is 4.99 Å². The number of thiophene rings is 1. The van der Waals surface area contributed by atoms with Gasteiger partial charge in [0.2, 0.25) is 0 Å². The van der Waals surface area contributed by atoms with Crippen LogP contribution in [0, 0.1) is 5.92 Å². The molecule has 1 atom stereocenters. The van der Waals surface area contributed by atoms with E-state index in [1.807, 2.05) is 20.8 Å². The first kappa shape index (κ1) is 21.3. The largest absolute Gasteiger partial charge is 0.444 e. The van der Waals surface area contributed by atoms with Crippen LogP contribution in [0.2, 0.25) is 0 Å². The highest BCUT2D eigenvalue weighted by Gasteiger charge is 2.19. The highest BCUT2D eigenvalue weighted by atomic mass is 32.1. The Bertz CT molecular complexity index is 538. The summed E-state index contributed by atoms with van der Waals surface area (Å²) in [5.74, 6) is 1.26. The molecule has 6 nitrogen and oxygen atoms in total. The number of rotatable bonds is 7. The number of nitrogens with zero attached hydrogens (tertiary/aromatic N) is 2. The summed E-state index contributed by atoms with van der Waals surface area (Å²) in [6.45, 7) is 9.80. The monoisotopic (exact) mass is 368 g/mol. The van der Waals surface area contributed by atoms with Crippen LogP contribution in [0.25, 0.3) is 0 Å². The zero-order valence-electron chi connectivity index (χ0n) is 16.3. The maximum absolute atomic E-state index is 11.9. The first-order valence-electron chi connectivity index (χ1n) is 8.62. The molecule has 2 N–H and O–H groups in total. The lowest BCUT2D eigenvalue weighted by Gasteiger charge is -2.25. The Labute approximate surface area is 155 Å². The van der Waals surface area contributed by atoms with E-state index in [2.05, 4.69) is 40.1 Å². The molecule has 0 saturated carbocycles. The van der Waals surface area contributed by atoms with Crippen molar-refractivity contribution in [3.8, 4) is 0 Å². The van der Waals surface area contributed by atoms with Crippen LogP contribution in [0.4, 0.5) is 4.79 Å². The molecule has 0 spiro atoms. The zero-order chi connectivity index (χ0) is 18.9. The van der Waals surface area contributed by atoms with Crippen molar-refractivity contribution >= 4 is 23.4 Å². The van der Waals surface area contributed by atoms with E-state index in [1.165, 1.54) is 4.88 Å². The van der Waals surface area contributed by atoms with Gasteiger partial charge in [0, 0.05) is 38.6 Å². The quantitative estimate of drug-likeness (QED) is 0.574. The summed E-state index contributed by atoms with van der Waals surface area (Å²) in [6, 6.07) is 4.25. The molecule has 1 heterocycles. The van der Waals surface area contributed by atoms with Gasteiger partial charge in [-0.15, -0.1) is 11.3 Å². The summed E-state index contributed by atoms with van der Waals surface area (Å²) in [5.41, 5.74) is -0.477. The van der Waals surface area contributed by atoms with E-state index in [0.29, 0.717) is 19.0 Å². The number of ether oxygens (including phenoxy) is 1. The Morgan fingerprint density at radius 3 is 2.68 bits per heavy atom. The maximum Gasteiger partial charge on any atom is 0.410 e. The molecule has 0 radical (unpaired) electrons. The highest BCUT2D eigenvalue weighted by Crippen LogP contribution is 2.13. The number of likely N-dealkylation sites (N-methyl/N-ethyl adjacent to an activating group) is 1. The third kappa shape index (κ3) is 9.34. The summed E-state index contributed by atoms with van der Waals surface area (Å²) >= 11 is 1.79. The van der Waals surface area contributed by atoms with Crippen LogP contribution >= 0.6 is 11.3 Å². The lowest BCUT2D eigenvalue weighted by atomic mass is 10.1. The molecule has 1 unspecified atom stereocenters. The van der Waals surface area contributed by atoms with Crippen molar-refractivity contribution in [1.29, 1.82) is 0 Å². The summed E-state index contributed by atoms with van der Waals surface area (Å²) in [4.78, 5) is 19.1. The molecule has 0 aromatic carbocycles. The second-order valence-corrected chi connectivity index (χ2v) is 8.20. The number of hydrogen-bond donors (Lipinski definition) is 2. The minimum Gasteiger partial charge on any atom is -0.444 e. The standard InChI is InChI=1S/C18H32N4O2S/c1-14(12-15-8-7-11-25-15)13-21-16(19-5)20-9-10-22(6)17(23)24-18(2,3)4/h7-8,11,14H,9-10,12-13H2,1-6H3,(H2,19,20,21). The average Bonchev–Trinajstić information content (AvgIpc) is 3.01. The van der Waals surface area contributed by atoms with Gasteiger partial charge < -0.3 is 20.3 Å². The van der Waals surface area contributed by atoms with Crippen molar-refractivity contribution in [3.05, 3.63) is 22.4 Å². The predicted molar refractivity (Wildman–Crippen MR) is 105 cm³/mol. The van der Waals surface area contributed by atoms with Crippen LogP contribution in [0.1, 0.15) is 32.6 Å². The molecule has 1 amide bonds. The molecule has 1 aromatic rings. The average molecular weight is 369 g/mol. The Kier molecular flexibility index (Phi) is 8.75.